The van der Waals surface area contributed by atoms with Gasteiger partial charge in [0.05, 0.1) is 19.2 Å². The van der Waals surface area contributed by atoms with E-state index < -0.39 is 5.97 Å². The van der Waals surface area contributed by atoms with Crippen molar-refractivity contribution in [2.24, 2.45) is 0 Å². The van der Waals surface area contributed by atoms with E-state index in [1.165, 1.54) is 6.33 Å². The maximum Gasteiger partial charge on any atom is 0.331 e. The molecule has 1 amide bonds. The van der Waals surface area contributed by atoms with E-state index in [9.17, 15) is 9.59 Å². The first-order valence-corrected chi connectivity index (χ1v) is 12.8. The fourth-order valence-corrected chi connectivity index (χ4v) is 3.42. The molecule has 3 rings (SSSR count). The lowest BCUT2D eigenvalue weighted by Gasteiger charge is -2.14. The van der Waals surface area contributed by atoms with E-state index >= 15 is 0 Å². The molecule has 0 aliphatic rings. The van der Waals surface area contributed by atoms with Crippen molar-refractivity contribution in [1.82, 2.24) is 15.4 Å². The predicted molar refractivity (Wildman–Crippen MR) is 148 cm³/mol. The number of carbonyl (C=O) groups excluding carboxylic acids is 2. The van der Waals surface area contributed by atoms with Gasteiger partial charge in [0, 0.05) is 35.5 Å². The van der Waals surface area contributed by atoms with Gasteiger partial charge in [-0.1, -0.05) is 45.6 Å². The highest BCUT2D eigenvalue weighted by atomic mass is 16.7. The molecule has 3 aromatic rings. The number of aromatic nitrogens is 2. The lowest BCUT2D eigenvalue weighted by atomic mass is 10.1. The summed E-state index contributed by atoms with van der Waals surface area (Å²) in [6.07, 6.45) is 10.8. The predicted octanol–water partition coefficient (Wildman–Crippen LogP) is 5.70. The van der Waals surface area contributed by atoms with E-state index in [-0.39, 0.29) is 12.3 Å². The van der Waals surface area contributed by atoms with Crippen molar-refractivity contribution < 1.29 is 23.9 Å². The number of hydrogen-bond donors (Lipinski definition) is 2. The standard InChI is InChI=1S/C27H30N4O5.C2H6/c1-4-19-11-10-12-20(15-19)30-27-21-16-24(23(34-3)17-22(21)28-18-29-27)35-14-9-7-6-8-13-25(32)31-36-26(33)5-2;1-2/h1,10-12,15-18H,5-9,13-14H2,2-3H3,(H,31,32)(H,28,29,30);1-2H3. The molecule has 1 aromatic heterocycles. The van der Waals surface area contributed by atoms with Gasteiger partial charge in [0.15, 0.2) is 11.5 Å². The van der Waals surface area contributed by atoms with Crippen LogP contribution in [0.2, 0.25) is 0 Å². The van der Waals surface area contributed by atoms with E-state index in [1.807, 2.05) is 50.2 Å². The Morgan fingerprint density at radius 1 is 1.03 bits per heavy atom. The van der Waals surface area contributed by atoms with Crippen LogP contribution in [0.4, 0.5) is 11.5 Å². The van der Waals surface area contributed by atoms with Crippen LogP contribution in [-0.4, -0.2) is 35.6 Å². The maximum atomic E-state index is 11.6. The summed E-state index contributed by atoms with van der Waals surface area (Å²) in [4.78, 5) is 36.1. The number of carbonyl (C=O) groups is 2. The van der Waals surface area contributed by atoms with Crippen molar-refractivity contribution in [3.05, 3.63) is 48.3 Å². The minimum atomic E-state index is -0.461. The molecule has 0 saturated heterocycles. The minimum Gasteiger partial charge on any atom is -0.493 e. The van der Waals surface area contributed by atoms with Gasteiger partial charge in [-0.2, -0.15) is 5.48 Å². The van der Waals surface area contributed by atoms with Gasteiger partial charge < -0.3 is 19.6 Å². The van der Waals surface area contributed by atoms with Crippen molar-refractivity contribution in [2.45, 2.75) is 59.3 Å². The zero-order valence-corrected chi connectivity index (χ0v) is 22.5. The van der Waals surface area contributed by atoms with Gasteiger partial charge in [0.1, 0.15) is 12.1 Å². The summed E-state index contributed by atoms with van der Waals surface area (Å²) in [6, 6.07) is 11.2. The Hall–Kier alpha value is -4.32. The van der Waals surface area contributed by atoms with E-state index in [2.05, 4.69) is 31.5 Å². The lowest BCUT2D eigenvalue weighted by molar-refractivity contribution is -0.158. The molecule has 9 nitrogen and oxygen atoms in total. The molecule has 0 atom stereocenters. The fourth-order valence-electron chi connectivity index (χ4n) is 3.42. The number of hydrogen-bond acceptors (Lipinski definition) is 8. The lowest BCUT2D eigenvalue weighted by Crippen LogP contribution is -2.26. The minimum absolute atomic E-state index is 0.216. The number of amides is 1. The van der Waals surface area contributed by atoms with Crippen LogP contribution in [0.25, 0.3) is 10.9 Å². The molecule has 9 heteroatoms. The van der Waals surface area contributed by atoms with Gasteiger partial charge >= 0.3 is 5.97 Å². The summed E-state index contributed by atoms with van der Waals surface area (Å²) in [5, 5.41) is 4.09. The van der Waals surface area contributed by atoms with Crippen LogP contribution in [0.5, 0.6) is 11.5 Å². The number of nitrogens with zero attached hydrogens (tertiary/aromatic N) is 2. The van der Waals surface area contributed by atoms with Crippen LogP contribution in [0, 0.1) is 12.3 Å². The Labute approximate surface area is 224 Å². The molecule has 0 unspecified atom stereocenters. The van der Waals surface area contributed by atoms with Crippen molar-refractivity contribution in [3.63, 3.8) is 0 Å². The molecule has 0 radical (unpaired) electrons. The fraction of sp³-hybridized carbons (Fsp3) is 0.379. The third-order valence-corrected chi connectivity index (χ3v) is 5.34. The van der Waals surface area contributed by atoms with Crippen molar-refractivity contribution in [3.8, 4) is 23.8 Å². The van der Waals surface area contributed by atoms with E-state index in [0.29, 0.717) is 42.3 Å². The normalized spacial score (nSPS) is 9.97. The molecule has 0 saturated carbocycles. The van der Waals surface area contributed by atoms with Crippen molar-refractivity contribution >= 4 is 34.3 Å². The quantitative estimate of drug-likeness (QED) is 0.178. The molecular formula is C29H36N4O5. The van der Waals surface area contributed by atoms with Crippen LogP contribution in [0.3, 0.4) is 0 Å². The number of anilines is 2. The van der Waals surface area contributed by atoms with Crippen molar-refractivity contribution in [2.75, 3.05) is 19.0 Å². The second-order valence-corrected chi connectivity index (χ2v) is 7.96. The Kier molecular flexibility index (Phi) is 12.9. The van der Waals surface area contributed by atoms with Gasteiger partial charge in [0.2, 0.25) is 0 Å². The monoisotopic (exact) mass is 520 g/mol. The molecule has 0 bridgehead atoms. The van der Waals surface area contributed by atoms with Crippen LogP contribution in [0.1, 0.15) is 64.9 Å². The molecule has 38 heavy (non-hydrogen) atoms. The Morgan fingerprint density at radius 2 is 1.82 bits per heavy atom. The Balaban J connectivity index is 0.00000247. The van der Waals surface area contributed by atoms with Gasteiger partial charge in [-0.05, 0) is 37.1 Å². The van der Waals surface area contributed by atoms with Gasteiger partial charge in [0.25, 0.3) is 5.91 Å². The summed E-state index contributed by atoms with van der Waals surface area (Å²) in [5.41, 5.74) is 4.46. The van der Waals surface area contributed by atoms with Crippen molar-refractivity contribution in [1.29, 1.82) is 0 Å². The van der Waals surface area contributed by atoms with Gasteiger partial charge in [-0.3, -0.25) is 4.79 Å². The number of nitrogens with one attached hydrogen (secondary N) is 2. The topological polar surface area (TPSA) is 112 Å². The first kappa shape index (κ1) is 29.9. The highest BCUT2D eigenvalue weighted by molar-refractivity contribution is 5.93. The SMILES string of the molecule is C#Cc1cccc(Nc2ncnc3cc(OC)c(OCCCCCCC(=O)NOC(=O)CC)cc23)c1.CC. The molecule has 1 heterocycles. The average Bonchev–Trinajstić information content (AvgIpc) is 2.96. The zero-order valence-electron chi connectivity index (χ0n) is 22.5. The average molecular weight is 521 g/mol. The second kappa shape index (κ2) is 16.4. The van der Waals surface area contributed by atoms with Crippen LogP contribution in [0.15, 0.2) is 42.7 Å². The third-order valence-electron chi connectivity index (χ3n) is 5.34. The van der Waals surface area contributed by atoms with Crippen LogP contribution >= 0.6 is 0 Å². The smallest absolute Gasteiger partial charge is 0.331 e. The number of fused-ring (bicyclic) bond motifs is 1. The molecule has 2 aromatic carbocycles. The van der Waals surface area contributed by atoms with E-state index in [0.717, 1.165) is 35.9 Å². The summed E-state index contributed by atoms with van der Waals surface area (Å²) in [6.45, 7) is 6.15. The first-order chi connectivity index (χ1) is 18.5. The largest absolute Gasteiger partial charge is 0.493 e. The number of ether oxygens (including phenoxy) is 2. The number of terminal acetylenes is 1. The number of benzene rings is 2. The number of methoxy groups -OCH3 is 1. The zero-order chi connectivity index (χ0) is 27.8. The third kappa shape index (κ3) is 9.28. The molecule has 0 fully saturated rings. The highest BCUT2D eigenvalue weighted by Crippen LogP contribution is 2.35. The molecule has 202 valence electrons. The van der Waals surface area contributed by atoms with Gasteiger partial charge in [-0.15, -0.1) is 6.42 Å². The summed E-state index contributed by atoms with van der Waals surface area (Å²) >= 11 is 0. The summed E-state index contributed by atoms with van der Waals surface area (Å²) < 4.78 is 11.5. The highest BCUT2D eigenvalue weighted by Gasteiger charge is 2.12. The Morgan fingerprint density at radius 3 is 2.55 bits per heavy atom. The first-order valence-electron chi connectivity index (χ1n) is 12.8. The number of rotatable bonds is 12. The summed E-state index contributed by atoms with van der Waals surface area (Å²) in [7, 11) is 1.59. The molecule has 0 aliphatic heterocycles. The number of hydroxylamine groups is 1. The molecule has 0 aliphatic carbocycles. The molecular weight excluding hydrogens is 484 g/mol. The van der Waals surface area contributed by atoms with Crippen LogP contribution in [-0.2, 0) is 14.4 Å². The molecule has 2 N–H and O–H groups in total. The maximum absolute atomic E-state index is 11.6. The number of unbranched alkanes of at least 4 members (excludes halogenated alkanes) is 3. The van der Waals surface area contributed by atoms with Crippen LogP contribution < -0.4 is 20.3 Å². The molecule has 0 spiro atoms. The summed E-state index contributed by atoms with van der Waals surface area (Å²) in [5.74, 6) is 3.67. The second-order valence-electron chi connectivity index (χ2n) is 7.96. The van der Waals surface area contributed by atoms with E-state index in [1.54, 1.807) is 14.0 Å². The Bertz CT molecular complexity index is 1240. The van der Waals surface area contributed by atoms with Gasteiger partial charge in [-0.25, -0.2) is 14.8 Å². The van der Waals surface area contributed by atoms with E-state index in [4.69, 9.17) is 15.9 Å².